The van der Waals surface area contributed by atoms with Gasteiger partial charge in [0.2, 0.25) is 0 Å². The van der Waals surface area contributed by atoms with Crippen molar-refractivity contribution in [3.63, 3.8) is 0 Å². The topological polar surface area (TPSA) is 76.6 Å². The standard InChI is InChI=1S/C25H19F4N5/c26-19-6-4-18(5-7-19)23-11-22(25(27,28)29)21(13-31)24(33-23)34-9-1-2-16(15-34)10-20-8-3-17(12-30)14-32-20/h3-8,11,14,16H,1-2,9-10,15H2. The van der Waals surface area contributed by atoms with Crippen LogP contribution < -0.4 is 4.90 Å². The van der Waals surface area contributed by atoms with Gasteiger partial charge in [0, 0.05) is 30.5 Å². The lowest BCUT2D eigenvalue weighted by atomic mass is 9.92. The van der Waals surface area contributed by atoms with Gasteiger partial charge in [-0.15, -0.1) is 0 Å². The van der Waals surface area contributed by atoms with Gasteiger partial charge in [-0.25, -0.2) is 9.37 Å². The highest BCUT2D eigenvalue weighted by molar-refractivity contribution is 5.68. The molecule has 5 nitrogen and oxygen atoms in total. The number of hydrogen-bond donors (Lipinski definition) is 0. The molecule has 1 unspecified atom stereocenters. The second-order valence-electron chi connectivity index (χ2n) is 8.18. The van der Waals surface area contributed by atoms with Crippen LogP contribution in [-0.2, 0) is 12.6 Å². The van der Waals surface area contributed by atoms with E-state index in [-0.39, 0.29) is 17.4 Å². The fourth-order valence-corrected chi connectivity index (χ4v) is 4.19. The smallest absolute Gasteiger partial charge is 0.355 e. The average Bonchev–Trinajstić information content (AvgIpc) is 2.84. The molecule has 4 rings (SSSR count). The Bertz CT molecular complexity index is 1260. The molecule has 0 aliphatic carbocycles. The minimum Gasteiger partial charge on any atom is -0.355 e. The minimum absolute atomic E-state index is 0.0193. The summed E-state index contributed by atoms with van der Waals surface area (Å²) in [5, 5.41) is 18.6. The normalized spacial score (nSPS) is 16.1. The van der Waals surface area contributed by atoms with Crippen LogP contribution in [0, 0.1) is 34.4 Å². The highest BCUT2D eigenvalue weighted by Crippen LogP contribution is 2.39. The molecule has 1 saturated heterocycles. The van der Waals surface area contributed by atoms with Crippen LogP contribution in [0.3, 0.4) is 0 Å². The van der Waals surface area contributed by atoms with Gasteiger partial charge in [-0.2, -0.15) is 23.7 Å². The molecular weight excluding hydrogens is 446 g/mol. The summed E-state index contributed by atoms with van der Waals surface area (Å²) in [6, 6.07) is 13.1. The molecule has 3 aromatic rings. The molecular formula is C25H19F4N5. The summed E-state index contributed by atoms with van der Waals surface area (Å²) in [5.41, 5.74) is 0.0143. The Kier molecular flexibility index (Phi) is 6.47. The summed E-state index contributed by atoms with van der Waals surface area (Å²) in [7, 11) is 0. The van der Waals surface area contributed by atoms with Crippen molar-refractivity contribution < 1.29 is 17.6 Å². The predicted molar refractivity (Wildman–Crippen MR) is 117 cm³/mol. The Morgan fingerprint density at radius 3 is 2.44 bits per heavy atom. The number of halogens is 4. The van der Waals surface area contributed by atoms with Crippen molar-refractivity contribution >= 4 is 5.82 Å². The third-order valence-corrected chi connectivity index (χ3v) is 5.83. The maximum atomic E-state index is 13.9. The second kappa shape index (κ2) is 9.48. The number of piperidine rings is 1. The van der Waals surface area contributed by atoms with Crippen LogP contribution in [-0.4, -0.2) is 23.1 Å². The lowest BCUT2D eigenvalue weighted by Gasteiger charge is -2.34. The Morgan fingerprint density at radius 1 is 1.06 bits per heavy atom. The van der Waals surface area contributed by atoms with Crippen LogP contribution in [0.2, 0.25) is 0 Å². The number of anilines is 1. The van der Waals surface area contributed by atoms with Gasteiger partial charge in [-0.05, 0) is 67.6 Å². The van der Waals surface area contributed by atoms with Crippen LogP contribution in [0.4, 0.5) is 23.4 Å². The van der Waals surface area contributed by atoms with Crippen LogP contribution in [0.25, 0.3) is 11.3 Å². The number of nitriles is 2. The lowest BCUT2D eigenvalue weighted by molar-refractivity contribution is -0.137. The summed E-state index contributed by atoms with van der Waals surface area (Å²) in [4.78, 5) is 10.4. The molecule has 0 amide bonds. The van der Waals surface area contributed by atoms with Gasteiger partial charge >= 0.3 is 6.18 Å². The molecule has 1 fully saturated rings. The Hall–Kier alpha value is -3.98. The van der Waals surface area contributed by atoms with E-state index in [0.29, 0.717) is 30.6 Å². The molecule has 1 aliphatic heterocycles. The van der Waals surface area contributed by atoms with E-state index in [1.54, 1.807) is 23.1 Å². The summed E-state index contributed by atoms with van der Waals surface area (Å²) >= 11 is 0. The molecule has 0 bridgehead atoms. The van der Waals surface area contributed by atoms with Crippen molar-refractivity contribution in [1.82, 2.24) is 9.97 Å². The molecule has 0 saturated carbocycles. The molecule has 34 heavy (non-hydrogen) atoms. The Balaban J connectivity index is 1.69. The van der Waals surface area contributed by atoms with Crippen molar-refractivity contribution in [3.8, 4) is 23.4 Å². The van der Waals surface area contributed by atoms with E-state index in [1.807, 2.05) is 6.07 Å². The van der Waals surface area contributed by atoms with Gasteiger partial charge in [0.05, 0.1) is 16.8 Å². The van der Waals surface area contributed by atoms with E-state index in [4.69, 9.17) is 5.26 Å². The molecule has 0 radical (unpaired) electrons. The highest BCUT2D eigenvalue weighted by Gasteiger charge is 2.37. The summed E-state index contributed by atoms with van der Waals surface area (Å²) in [6.45, 7) is 0.872. The number of rotatable bonds is 4. The fraction of sp³-hybridized carbons (Fsp3) is 0.280. The number of benzene rings is 1. The number of hydrogen-bond acceptors (Lipinski definition) is 5. The van der Waals surface area contributed by atoms with Gasteiger partial charge < -0.3 is 4.90 Å². The summed E-state index contributed by atoms with van der Waals surface area (Å²) in [6.07, 6.45) is -1.10. The largest absolute Gasteiger partial charge is 0.417 e. The minimum atomic E-state index is -4.75. The first-order chi connectivity index (χ1) is 16.3. The first kappa shape index (κ1) is 23.2. The molecule has 1 aromatic carbocycles. The number of aromatic nitrogens is 2. The summed E-state index contributed by atoms with van der Waals surface area (Å²) in [5.74, 6) is -0.440. The van der Waals surface area contributed by atoms with Gasteiger partial charge in [0.1, 0.15) is 29.3 Å². The highest BCUT2D eigenvalue weighted by atomic mass is 19.4. The first-order valence-electron chi connectivity index (χ1n) is 10.7. The van der Waals surface area contributed by atoms with Crippen LogP contribution >= 0.6 is 0 Å². The monoisotopic (exact) mass is 465 g/mol. The fourth-order valence-electron chi connectivity index (χ4n) is 4.19. The van der Waals surface area contributed by atoms with E-state index < -0.39 is 23.1 Å². The van der Waals surface area contributed by atoms with E-state index in [2.05, 4.69) is 9.97 Å². The molecule has 3 heterocycles. The van der Waals surface area contributed by atoms with Gasteiger partial charge in [0.15, 0.2) is 0 Å². The zero-order chi connectivity index (χ0) is 24.3. The average molecular weight is 465 g/mol. The van der Waals surface area contributed by atoms with Gasteiger partial charge in [0.25, 0.3) is 0 Å². The quantitative estimate of drug-likeness (QED) is 0.476. The van der Waals surface area contributed by atoms with E-state index in [9.17, 15) is 22.8 Å². The molecule has 9 heteroatoms. The maximum absolute atomic E-state index is 13.9. The maximum Gasteiger partial charge on any atom is 0.417 e. The van der Waals surface area contributed by atoms with Crippen molar-refractivity contribution in [2.75, 3.05) is 18.0 Å². The van der Waals surface area contributed by atoms with Gasteiger partial charge in [-0.1, -0.05) is 0 Å². The number of nitrogens with zero attached hydrogens (tertiary/aromatic N) is 5. The van der Waals surface area contributed by atoms with Crippen molar-refractivity contribution in [3.05, 3.63) is 76.9 Å². The molecule has 2 aromatic heterocycles. The predicted octanol–water partition coefficient (Wildman–Crippen LogP) is 5.50. The first-order valence-corrected chi connectivity index (χ1v) is 10.7. The number of alkyl halides is 3. The summed E-state index contributed by atoms with van der Waals surface area (Å²) < 4.78 is 55.0. The zero-order valence-electron chi connectivity index (χ0n) is 18.0. The van der Waals surface area contributed by atoms with E-state index in [1.165, 1.54) is 18.3 Å². The zero-order valence-corrected chi connectivity index (χ0v) is 18.0. The Labute approximate surface area is 193 Å². The van der Waals surface area contributed by atoms with E-state index >= 15 is 0 Å². The van der Waals surface area contributed by atoms with Crippen molar-refractivity contribution in [1.29, 1.82) is 10.5 Å². The van der Waals surface area contributed by atoms with Crippen LogP contribution in [0.5, 0.6) is 0 Å². The van der Waals surface area contributed by atoms with Crippen molar-refractivity contribution in [2.24, 2.45) is 5.92 Å². The molecule has 1 atom stereocenters. The molecule has 1 aliphatic rings. The second-order valence-corrected chi connectivity index (χ2v) is 8.18. The molecule has 0 N–H and O–H groups in total. The third kappa shape index (κ3) is 4.99. The molecule has 172 valence electrons. The number of pyridine rings is 2. The van der Waals surface area contributed by atoms with Crippen LogP contribution in [0.15, 0.2) is 48.7 Å². The molecule has 0 spiro atoms. The Morgan fingerprint density at radius 2 is 1.82 bits per heavy atom. The SMILES string of the molecule is N#Cc1ccc(CC2CCCN(c3nc(-c4ccc(F)cc4)cc(C(F)(F)F)c3C#N)C2)nc1. The lowest BCUT2D eigenvalue weighted by Crippen LogP contribution is -2.37. The van der Waals surface area contributed by atoms with Crippen molar-refractivity contribution in [2.45, 2.75) is 25.4 Å². The third-order valence-electron chi connectivity index (χ3n) is 5.83. The van der Waals surface area contributed by atoms with Crippen LogP contribution in [0.1, 0.15) is 35.2 Å². The van der Waals surface area contributed by atoms with Gasteiger partial charge in [-0.3, -0.25) is 4.98 Å². The van der Waals surface area contributed by atoms with E-state index in [0.717, 1.165) is 36.7 Å².